The lowest BCUT2D eigenvalue weighted by Gasteiger charge is -2.10. The first-order valence-electron chi connectivity index (χ1n) is 8.81. The minimum atomic E-state index is -0.212. The van der Waals surface area contributed by atoms with Crippen LogP contribution in [-0.2, 0) is 22.6 Å². The van der Waals surface area contributed by atoms with Gasteiger partial charge < -0.3 is 20.1 Å². The van der Waals surface area contributed by atoms with Crippen LogP contribution >= 0.6 is 0 Å². The number of methoxy groups -OCH3 is 2. The number of hydrogen-bond donors (Lipinski definition) is 2. The molecule has 0 bridgehead atoms. The molecule has 2 aromatic rings. The second-order valence-electron chi connectivity index (χ2n) is 6.23. The van der Waals surface area contributed by atoms with Crippen molar-refractivity contribution in [1.82, 2.24) is 10.6 Å². The third kappa shape index (κ3) is 6.66. The average molecular weight is 370 g/mol. The fraction of sp³-hybridized carbons (Fsp3) is 0.333. The van der Waals surface area contributed by atoms with Crippen LogP contribution in [0.15, 0.2) is 42.5 Å². The van der Waals surface area contributed by atoms with Gasteiger partial charge in [-0.05, 0) is 36.6 Å². The van der Waals surface area contributed by atoms with Gasteiger partial charge in [0.15, 0.2) is 11.5 Å². The standard InChI is InChI=1S/C21H26N2O4/c1-15-5-4-6-17(11-15)13-22-21(25)14-23-20(24)10-8-16-7-9-18(26-2)19(12-16)27-3/h4-7,9,11-12H,8,10,13-14H2,1-3H3,(H,22,25)(H,23,24). The van der Waals surface area contributed by atoms with E-state index in [0.29, 0.717) is 30.9 Å². The van der Waals surface area contributed by atoms with Crippen molar-refractivity contribution in [3.8, 4) is 11.5 Å². The van der Waals surface area contributed by atoms with Crippen LogP contribution in [0.4, 0.5) is 0 Å². The van der Waals surface area contributed by atoms with E-state index in [2.05, 4.69) is 10.6 Å². The zero-order valence-electron chi connectivity index (χ0n) is 16.0. The van der Waals surface area contributed by atoms with Crippen molar-refractivity contribution in [2.75, 3.05) is 20.8 Å². The minimum absolute atomic E-state index is 0.0312. The van der Waals surface area contributed by atoms with Gasteiger partial charge in [-0.25, -0.2) is 0 Å². The van der Waals surface area contributed by atoms with E-state index in [1.54, 1.807) is 14.2 Å². The fourth-order valence-electron chi connectivity index (χ4n) is 2.65. The summed E-state index contributed by atoms with van der Waals surface area (Å²) in [5.74, 6) is 0.897. The normalized spacial score (nSPS) is 10.2. The molecule has 6 nitrogen and oxygen atoms in total. The molecule has 6 heteroatoms. The molecule has 0 aliphatic rings. The highest BCUT2D eigenvalue weighted by Crippen LogP contribution is 2.27. The van der Waals surface area contributed by atoms with Gasteiger partial charge in [-0.15, -0.1) is 0 Å². The molecule has 27 heavy (non-hydrogen) atoms. The third-order valence-electron chi connectivity index (χ3n) is 4.11. The SMILES string of the molecule is COc1ccc(CCC(=O)NCC(=O)NCc2cccc(C)c2)cc1OC. The van der Waals surface area contributed by atoms with Gasteiger partial charge in [-0.1, -0.05) is 35.9 Å². The van der Waals surface area contributed by atoms with Gasteiger partial charge in [-0.3, -0.25) is 9.59 Å². The lowest BCUT2D eigenvalue weighted by molar-refractivity contribution is -0.126. The molecular formula is C21H26N2O4. The molecule has 0 atom stereocenters. The quantitative estimate of drug-likeness (QED) is 0.711. The Bertz CT molecular complexity index is 790. The molecule has 0 radical (unpaired) electrons. The summed E-state index contributed by atoms with van der Waals surface area (Å²) < 4.78 is 10.4. The van der Waals surface area contributed by atoms with Gasteiger partial charge in [0, 0.05) is 13.0 Å². The van der Waals surface area contributed by atoms with E-state index in [4.69, 9.17) is 9.47 Å². The Hall–Kier alpha value is -3.02. The summed E-state index contributed by atoms with van der Waals surface area (Å²) in [7, 11) is 3.15. The molecule has 0 aromatic heterocycles. The van der Waals surface area contributed by atoms with Crippen LogP contribution in [0.25, 0.3) is 0 Å². The molecule has 0 heterocycles. The highest BCUT2D eigenvalue weighted by atomic mass is 16.5. The highest BCUT2D eigenvalue weighted by Gasteiger charge is 2.08. The Morgan fingerprint density at radius 1 is 0.889 bits per heavy atom. The van der Waals surface area contributed by atoms with Crippen LogP contribution in [0, 0.1) is 6.92 Å². The fourth-order valence-corrected chi connectivity index (χ4v) is 2.65. The number of carbonyl (C=O) groups excluding carboxylic acids is 2. The van der Waals surface area contributed by atoms with Gasteiger partial charge >= 0.3 is 0 Å². The molecule has 0 unspecified atom stereocenters. The number of benzene rings is 2. The molecule has 2 amide bonds. The molecule has 0 spiro atoms. The maximum absolute atomic E-state index is 12.0. The van der Waals surface area contributed by atoms with Crippen molar-refractivity contribution in [3.63, 3.8) is 0 Å². The largest absolute Gasteiger partial charge is 0.493 e. The van der Waals surface area contributed by atoms with E-state index in [-0.39, 0.29) is 18.4 Å². The number of carbonyl (C=O) groups is 2. The maximum atomic E-state index is 12.0. The molecule has 2 N–H and O–H groups in total. The Kier molecular flexibility index (Phi) is 7.67. The monoisotopic (exact) mass is 370 g/mol. The van der Waals surface area contributed by atoms with Gasteiger partial charge in [0.2, 0.25) is 11.8 Å². The van der Waals surface area contributed by atoms with Crippen LogP contribution in [0.3, 0.4) is 0 Å². The summed E-state index contributed by atoms with van der Waals surface area (Å²) >= 11 is 0. The molecule has 2 rings (SSSR count). The zero-order chi connectivity index (χ0) is 19.6. The van der Waals surface area contributed by atoms with Crippen molar-refractivity contribution < 1.29 is 19.1 Å². The zero-order valence-corrected chi connectivity index (χ0v) is 16.0. The van der Waals surface area contributed by atoms with Crippen LogP contribution in [0.1, 0.15) is 23.1 Å². The molecule has 0 fully saturated rings. The van der Waals surface area contributed by atoms with Crippen molar-refractivity contribution in [2.24, 2.45) is 0 Å². The summed E-state index contributed by atoms with van der Waals surface area (Å²) in [5.41, 5.74) is 3.14. The smallest absolute Gasteiger partial charge is 0.239 e. The van der Waals surface area contributed by atoms with Crippen molar-refractivity contribution >= 4 is 11.8 Å². The number of nitrogens with one attached hydrogen (secondary N) is 2. The van der Waals surface area contributed by atoms with E-state index in [9.17, 15) is 9.59 Å². The number of ether oxygens (including phenoxy) is 2. The van der Waals surface area contributed by atoms with Gasteiger partial charge in [0.1, 0.15) is 0 Å². The Morgan fingerprint density at radius 2 is 1.67 bits per heavy atom. The topological polar surface area (TPSA) is 76.7 Å². The third-order valence-corrected chi connectivity index (χ3v) is 4.11. The molecule has 0 saturated heterocycles. The van der Waals surface area contributed by atoms with E-state index in [1.807, 2.05) is 49.4 Å². The molecule has 0 saturated carbocycles. The highest BCUT2D eigenvalue weighted by molar-refractivity contribution is 5.84. The second-order valence-corrected chi connectivity index (χ2v) is 6.23. The maximum Gasteiger partial charge on any atom is 0.239 e. The predicted molar refractivity (Wildman–Crippen MR) is 104 cm³/mol. The summed E-state index contributed by atoms with van der Waals surface area (Å²) in [4.78, 5) is 23.8. The van der Waals surface area contributed by atoms with Crippen LogP contribution in [-0.4, -0.2) is 32.6 Å². The number of amides is 2. The molecule has 0 aliphatic heterocycles. The van der Waals surface area contributed by atoms with E-state index in [0.717, 1.165) is 16.7 Å². The van der Waals surface area contributed by atoms with Crippen molar-refractivity contribution in [2.45, 2.75) is 26.3 Å². The summed E-state index contributed by atoms with van der Waals surface area (Å²) in [6, 6.07) is 13.5. The minimum Gasteiger partial charge on any atom is -0.493 e. The van der Waals surface area contributed by atoms with E-state index in [1.165, 1.54) is 0 Å². The number of aryl methyl sites for hydroxylation is 2. The van der Waals surface area contributed by atoms with Gasteiger partial charge in [0.05, 0.1) is 20.8 Å². The summed E-state index contributed by atoms with van der Waals surface area (Å²) in [6.45, 7) is 2.42. The molecule has 0 aliphatic carbocycles. The van der Waals surface area contributed by atoms with Crippen LogP contribution in [0.5, 0.6) is 11.5 Å². The molecule has 144 valence electrons. The van der Waals surface area contributed by atoms with Gasteiger partial charge in [-0.2, -0.15) is 0 Å². The predicted octanol–water partition coefficient (Wildman–Crippen LogP) is 2.38. The first kappa shape index (κ1) is 20.3. The number of hydrogen-bond acceptors (Lipinski definition) is 4. The van der Waals surface area contributed by atoms with E-state index < -0.39 is 0 Å². The Balaban J connectivity index is 1.72. The van der Waals surface area contributed by atoms with E-state index >= 15 is 0 Å². The average Bonchev–Trinajstić information content (AvgIpc) is 2.68. The van der Waals surface area contributed by atoms with Crippen LogP contribution in [0.2, 0.25) is 0 Å². The Labute approximate surface area is 159 Å². The first-order valence-corrected chi connectivity index (χ1v) is 8.81. The first-order chi connectivity index (χ1) is 13.0. The Morgan fingerprint density at radius 3 is 2.37 bits per heavy atom. The number of rotatable bonds is 9. The molecule has 2 aromatic carbocycles. The van der Waals surface area contributed by atoms with Crippen molar-refractivity contribution in [1.29, 1.82) is 0 Å². The van der Waals surface area contributed by atoms with Crippen molar-refractivity contribution in [3.05, 3.63) is 59.2 Å². The summed E-state index contributed by atoms with van der Waals surface area (Å²) in [5, 5.41) is 5.44. The summed E-state index contributed by atoms with van der Waals surface area (Å²) in [6.07, 6.45) is 0.845. The second kappa shape index (κ2) is 10.2. The molecular weight excluding hydrogens is 344 g/mol. The van der Waals surface area contributed by atoms with Crippen LogP contribution < -0.4 is 20.1 Å². The lowest BCUT2D eigenvalue weighted by Crippen LogP contribution is -2.36. The lowest BCUT2D eigenvalue weighted by atomic mass is 10.1. The van der Waals surface area contributed by atoms with Gasteiger partial charge in [0.25, 0.3) is 0 Å².